The van der Waals surface area contributed by atoms with Gasteiger partial charge in [-0.05, 0) is 60.8 Å². The van der Waals surface area contributed by atoms with Crippen LogP contribution in [0.2, 0.25) is 0 Å². The Hall–Kier alpha value is -5.09. The number of benzene rings is 4. The molecule has 0 atom stereocenters. The Balaban J connectivity index is 1.24. The second kappa shape index (κ2) is 11.6. The molecule has 0 bridgehead atoms. The number of rotatable bonds is 8. The van der Waals surface area contributed by atoms with E-state index in [0.29, 0.717) is 27.8 Å². The molecule has 9 nitrogen and oxygen atoms in total. The minimum atomic E-state index is -1.11. The molecule has 2 amide bonds. The summed E-state index contributed by atoms with van der Waals surface area (Å²) in [6, 6.07) is 26.1. The van der Waals surface area contributed by atoms with Crippen molar-refractivity contribution in [1.82, 2.24) is 9.36 Å². The highest BCUT2D eigenvalue weighted by Gasteiger charge is 2.19. The van der Waals surface area contributed by atoms with E-state index in [-0.39, 0.29) is 34.0 Å². The maximum absolute atomic E-state index is 13.1. The van der Waals surface area contributed by atoms with E-state index in [1.54, 1.807) is 73.3 Å². The van der Waals surface area contributed by atoms with Crippen LogP contribution in [0.25, 0.3) is 16.5 Å². The van der Waals surface area contributed by atoms with Gasteiger partial charge in [0.2, 0.25) is 5.91 Å². The van der Waals surface area contributed by atoms with Gasteiger partial charge in [0, 0.05) is 28.6 Å². The van der Waals surface area contributed by atoms with Crippen LogP contribution in [0.15, 0.2) is 101 Å². The Bertz CT molecular complexity index is 1840. The maximum atomic E-state index is 13.1. The quantitative estimate of drug-likeness (QED) is 0.219. The Morgan fingerprint density at radius 3 is 2.15 bits per heavy atom. The lowest BCUT2D eigenvalue weighted by molar-refractivity contribution is -0.113. The monoisotopic (exact) mass is 566 g/mol. The average Bonchev–Trinajstić information content (AvgIpc) is 3.19. The molecule has 3 N–H and O–H groups in total. The molecule has 0 saturated carbocycles. The number of carboxylic acids is 1. The average molecular weight is 567 g/mol. The molecule has 5 aromatic rings. The molecule has 0 saturated heterocycles. The minimum absolute atomic E-state index is 0.0583. The van der Waals surface area contributed by atoms with Gasteiger partial charge in [-0.1, -0.05) is 42.5 Å². The zero-order valence-corrected chi connectivity index (χ0v) is 23.1. The SMILES string of the molecule is Cc1c(NC(=O)CSc2ccc(NC(=O)c3cccc4cccc(C(=O)O)c34)cc2)c(=O)n(-c2ccccc2)n1C. The first kappa shape index (κ1) is 27.5. The summed E-state index contributed by atoms with van der Waals surface area (Å²) in [4.78, 5) is 51.3. The molecule has 0 unspecified atom stereocenters. The van der Waals surface area contributed by atoms with Crippen LogP contribution < -0.4 is 16.2 Å². The number of carboxylic acid groups (broad SMARTS) is 1. The molecule has 41 heavy (non-hydrogen) atoms. The number of hydrogen-bond acceptors (Lipinski definition) is 5. The van der Waals surface area contributed by atoms with Gasteiger partial charge < -0.3 is 15.7 Å². The molecule has 0 fully saturated rings. The van der Waals surface area contributed by atoms with Crippen LogP contribution in [-0.4, -0.2) is 38.0 Å². The van der Waals surface area contributed by atoms with Gasteiger partial charge in [-0.25, -0.2) is 9.48 Å². The van der Waals surface area contributed by atoms with Gasteiger partial charge in [-0.3, -0.25) is 19.1 Å². The van der Waals surface area contributed by atoms with Gasteiger partial charge in [0.1, 0.15) is 5.69 Å². The van der Waals surface area contributed by atoms with Crippen molar-refractivity contribution in [2.24, 2.45) is 7.05 Å². The summed E-state index contributed by atoms with van der Waals surface area (Å²) in [5, 5.41) is 16.2. The van der Waals surface area contributed by atoms with E-state index in [1.807, 2.05) is 30.3 Å². The van der Waals surface area contributed by atoms with Crippen molar-refractivity contribution in [3.8, 4) is 5.69 Å². The lowest BCUT2D eigenvalue weighted by Crippen LogP contribution is -2.23. The lowest BCUT2D eigenvalue weighted by Gasteiger charge is -2.11. The standard InChI is InChI=1S/C31H26N4O5S/c1-19-28(30(38)35(34(19)2)22-10-4-3-5-11-22)33-26(36)18-41-23-16-14-21(15-17-23)32-29(37)24-12-6-8-20-9-7-13-25(27(20)24)31(39)40/h3-17H,18H2,1-2H3,(H,32,37)(H,33,36)(H,39,40). The maximum Gasteiger partial charge on any atom is 0.336 e. The predicted octanol–water partition coefficient (Wildman–Crippen LogP) is 5.32. The molecular weight excluding hydrogens is 540 g/mol. The highest BCUT2D eigenvalue weighted by Crippen LogP contribution is 2.26. The van der Waals surface area contributed by atoms with Crippen molar-refractivity contribution in [3.05, 3.63) is 118 Å². The second-order valence-corrected chi connectivity index (χ2v) is 10.3. The van der Waals surface area contributed by atoms with E-state index in [0.717, 1.165) is 4.90 Å². The highest BCUT2D eigenvalue weighted by atomic mass is 32.2. The fraction of sp³-hybridized carbons (Fsp3) is 0.0968. The smallest absolute Gasteiger partial charge is 0.336 e. The predicted molar refractivity (Wildman–Crippen MR) is 160 cm³/mol. The third kappa shape index (κ3) is 5.64. The fourth-order valence-corrected chi connectivity index (χ4v) is 5.28. The summed E-state index contributed by atoms with van der Waals surface area (Å²) in [7, 11) is 1.76. The number of aromatic nitrogens is 2. The van der Waals surface area contributed by atoms with E-state index in [4.69, 9.17) is 0 Å². The molecule has 0 aliphatic carbocycles. The number of anilines is 2. The largest absolute Gasteiger partial charge is 0.478 e. The Morgan fingerprint density at radius 1 is 0.829 bits per heavy atom. The lowest BCUT2D eigenvalue weighted by atomic mass is 9.98. The zero-order chi connectivity index (χ0) is 29.1. The number of para-hydroxylation sites is 1. The van der Waals surface area contributed by atoms with Crippen molar-refractivity contribution in [3.63, 3.8) is 0 Å². The first-order chi connectivity index (χ1) is 19.7. The summed E-state index contributed by atoms with van der Waals surface area (Å²) < 4.78 is 3.21. The Morgan fingerprint density at radius 2 is 1.49 bits per heavy atom. The van der Waals surface area contributed by atoms with E-state index in [9.17, 15) is 24.3 Å². The van der Waals surface area contributed by atoms with Gasteiger partial charge in [0.05, 0.1) is 22.7 Å². The molecule has 1 aromatic heterocycles. The number of carbonyl (C=O) groups is 3. The summed E-state index contributed by atoms with van der Waals surface area (Å²) >= 11 is 1.29. The normalized spacial score (nSPS) is 10.9. The van der Waals surface area contributed by atoms with E-state index in [1.165, 1.54) is 22.5 Å². The van der Waals surface area contributed by atoms with Crippen LogP contribution in [-0.2, 0) is 11.8 Å². The molecule has 5 rings (SSSR count). The number of amides is 2. The molecule has 1 heterocycles. The first-order valence-electron chi connectivity index (χ1n) is 12.7. The van der Waals surface area contributed by atoms with Gasteiger partial charge >= 0.3 is 5.97 Å². The number of nitrogens with one attached hydrogen (secondary N) is 2. The summed E-state index contributed by atoms with van der Waals surface area (Å²) in [5.41, 5.74) is 2.11. The van der Waals surface area contributed by atoms with Crippen LogP contribution in [0.1, 0.15) is 26.4 Å². The number of thioether (sulfide) groups is 1. The topological polar surface area (TPSA) is 122 Å². The Labute approximate surface area is 239 Å². The molecule has 4 aromatic carbocycles. The van der Waals surface area contributed by atoms with Crippen molar-refractivity contribution >= 4 is 51.7 Å². The van der Waals surface area contributed by atoms with Crippen LogP contribution in [0.3, 0.4) is 0 Å². The summed E-state index contributed by atoms with van der Waals surface area (Å²) in [6.45, 7) is 1.78. The zero-order valence-electron chi connectivity index (χ0n) is 22.3. The van der Waals surface area contributed by atoms with Crippen LogP contribution in [0, 0.1) is 6.92 Å². The molecule has 10 heteroatoms. The number of hydrogen-bond donors (Lipinski definition) is 3. The van der Waals surface area contributed by atoms with E-state index in [2.05, 4.69) is 10.6 Å². The fourth-order valence-electron chi connectivity index (χ4n) is 4.58. The van der Waals surface area contributed by atoms with Gasteiger partial charge in [-0.15, -0.1) is 11.8 Å². The van der Waals surface area contributed by atoms with Crippen LogP contribution in [0.4, 0.5) is 11.4 Å². The molecule has 0 aliphatic rings. The molecule has 206 valence electrons. The first-order valence-corrected chi connectivity index (χ1v) is 13.7. The van der Waals surface area contributed by atoms with Gasteiger partial charge in [0.15, 0.2) is 0 Å². The molecular formula is C31H26N4O5S. The highest BCUT2D eigenvalue weighted by molar-refractivity contribution is 8.00. The van der Waals surface area contributed by atoms with E-state index < -0.39 is 11.9 Å². The number of fused-ring (bicyclic) bond motifs is 1. The summed E-state index contributed by atoms with van der Waals surface area (Å²) in [5.74, 6) is -1.77. The molecule has 0 aliphatic heterocycles. The molecule has 0 spiro atoms. The number of aromatic carboxylic acids is 1. The molecule has 0 radical (unpaired) electrons. The van der Waals surface area contributed by atoms with Crippen molar-refractivity contribution in [2.75, 3.05) is 16.4 Å². The van der Waals surface area contributed by atoms with Crippen LogP contribution >= 0.6 is 11.8 Å². The van der Waals surface area contributed by atoms with Gasteiger partial charge in [-0.2, -0.15) is 0 Å². The van der Waals surface area contributed by atoms with E-state index >= 15 is 0 Å². The second-order valence-electron chi connectivity index (χ2n) is 9.27. The van der Waals surface area contributed by atoms with Gasteiger partial charge in [0.25, 0.3) is 11.5 Å². The van der Waals surface area contributed by atoms with Crippen molar-refractivity contribution in [1.29, 1.82) is 0 Å². The number of nitrogens with zero attached hydrogens (tertiary/aromatic N) is 2. The minimum Gasteiger partial charge on any atom is -0.478 e. The third-order valence-electron chi connectivity index (χ3n) is 6.68. The van der Waals surface area contributed by atoms with Crippen LogP contribution in [0.5, 0.6) is 0 Å². The summed E-state index contributed by atoms with van der Waals surface area (Å²) in [6.07, 6.45) is 0. The van der Waals surface area contributed by atoms with Crippen molar-refractivity contribution in [2.45, 2.75) is 11.8 Å². The Kier molecular flexibility index (Phi) is 7.75. The number of carbonyl (C=O) groups excluding carboxylic acids is 2. The third-order valence-corrected chi connectivity index (χ3v) is 7.69. The van der Waals surface area contributed by atoms with Crippen molar-refractivity contribution < 1.29 is 19.5 Å².